The Labute approximate surface area is 112 Å². The molecule has 0 fully saturated rings. The van der Waals surface area contributed by atoms with E-state index >= 15 is 0 Å². The van der Waals surface area contributed by atoms with E-state index in [4.69, 9.17) is 9.84 Å². The van der Waals surface area contributed by atoms with Crippen molar-refractivity contribution in [1.29, 1.82) is 0 Å². The number of hydrogen-bond acceptors (Lipinski definition) is 3. The van der Waals surface area contributed by atoms with E-state index in [0.29, 0.717) is 17.1 Å². The zero-order chi connectivity index (χ0) is 13.1. The third-order valence-electron chi connectivity index (χ3n) is 2.43. The normalized spacial score (nSPS) is 10.3. The molecule has 0 aliphatic carbocycles. The number of benzene rings is 1. The van der Waals surface area contributed by atoms with Crippen LogP contribution < -0.4 is 4.74 Å². The van der Waals surface area contributed by atoms with Gasteiger partial charge in [-0.3, -0.25) is 5.10 Å². The number of aromatic carboxylic acids is 1. The van der Waals surface area contributed by atoms with Gasteiger partial charge in [0.15, 0.2) is 0 Å². The summed E-state index contributed by atoms with van der Waals surface area (Å²) < 4.78 is 6.44. The monoisotopic (exact) mass is 310 g/mol. The van der Waals surface area contributed by atoms with Crippen molar-refractivity contribution >= 4 is 21.9 Å². The number of nitrogens with zero attached hydrogens (tertiary/aromatic N) is 1. The smallest absolute Gasteiger partial charge is 0.339 e. The Kier molecular flexibility index (Phi) is 3.66. The van der Waals surface area contributed by atoms with Crippen molar-refractivity contribution in [2.45, 2.75) is 13.5 Å². The molecular weight excluding hydrogens is 300 g/mol. The summed E-state index contributed by atoms with van der Waals surface area (Å²) >= 11 is 3.32. The number of carboxylic acid groups (broad SMARTS) is 1. The molecule has 5 nitrogen and oxygen atoms in total. The number of hydrogen-bond donors (Lipinski definition) is 2. The summed E-state index contributed by atoms with van der Waals surface area (Å²) in [6, 6.07) is 7.29. The number of rotatable bonds is 4. The highest BCUT2D eigenvalue weighted by Crippen LogP contribution is 2.18. The zero-order valence-corrected chi connectivity index (χ0v) is 11.2. The van der Waals surface area contributed by atoms with E-state index in [9.17, 15) is 4.79 Å². The molecule has 0 aliphatic rings. The lowest BCUT2D eigenvalue weighted by Gasteiger charge is -2.04. The Morgan fingerprint density at radius 1 is 1.44 bits per heavy atom. The van der Waals surface area contributed by atoms with Crippen molar-refractivity contribution in [3.8, 4) is 5.75 Å². The van der Waals surface area contributed by atoms with Crippen LogP contribution in [0.1, 0.15) is 21.7 Å². The summed E-state index contributed by atoms with van der Waals surface area (Å²) in [5.74, 6) is -0.342. The van der Waals surface area contributed by atoms with Crippen LogP contribution in [0.25, 0.3) is 0 Å². The number of aryl methyl sites for hydroxylation is 1. The van der Waals surface area contributed by atoms with E-state index in [1.54, 1.807) is 19.1 Å². The van der Waals surface area contributed by atoms with Crippen LogP contribution in [0.3, 0.4) is 0 Å². The molecule has 0 unspecified atom stereocenters. The summed E-state index contributed by atoms with van der Waals surface area (Å²) in [7, 11) is 0. The lowest BCUT2D eigenvalue weighted by Crippen LogP contribution is -2.05. The van der Waals surface area contributed by atoms with Crippen molar-refractivity contribution < 1.29 is 14.6 Å². The van der Waals surface area contributed by atoms with Crippen LogP contribution in [0.15, 0.2) is 28.7 Å². The van der Waals surface area contributed by atoms with E-state index in [0.717, 1.165) is 4.47 Å². The number of carboxylic acids is 1. The van der Waals surface area contributed by atoms with Gasteiger partial charge >= 0.3 is 5.97 Å². The molecule has 2 rings (SSSR count). The van der Waals surface area contributed by atoms with Gasteiger partial charge in [0.25, 0.3) is 0 Å². The van der Waals surface area contributed by atoms with Gasteiger partial charge in [0.1, 0.15) is 23.6 Å². The molecule has 0 saturated carbocycles. The molecule has 0 atom stereocenters. The molecule has 1 aromatic heterocycles. The van der Waals surface area contributed by atoms with Crippen LogP contribution in [0.4, 0.5) is 0 Å². The third-order valence-corrected chi connectivity index (χ3v) is 2.95. The van der Waals surface area contributed by atoms with Crippen molar-refractivity contribution in [3.05, 3.63) is 45.7 Å². The second kappa shape index (κ2) is 5.22. The first-order valence-electron chi connectivity index (χ1n) is 5.23. The molecule has 0 bridgehead atoms. The quantitative estimate of drug-likeness (QED) is 0.910. The Morgan fingerprint density at radius 3 is 2.72 bits per heavy atom. The summed E-state index contributed by atoms with van der Waals surface area (Å²) in [4.78, 5) is 11.0. The van der Waals surface area contributed by atoms with Crippen LogP contribution in [0.5, 0.6) is 5.75 Å². The molecule has 6 heteroatoms. The van der Waals surface area contributed by atoms with E-state index in [1.165, 1.54) is 0 Å². The predicted molar refractivity (Wildman–Crippen MR) is 68.8 cm³/mol. The van der Waals surface area contributed by atoms with Gasteiger partial charge in [-0.15, -0.1) is 0 Å². The number of nitrogens with one attached hydrogen (secondary N) is 1. The summed E-state index contributed by atoms with van der Waals surface area (Å²) in [5, 5.41) is 15.6. The van der Waals surface area contributed by atoms with E-state index in [2.05, 4.69) is 26.1 Å². The largest absolute Gasteiger partial charge is 0.487 e. The van der Waals surface area contributed by atoms with Gasteiger partial charge in [0.05, 0.1) is 0 Å². The Balaban J connectivity index is 2.11. The van der Waals surface area contributed by atoms with Crippen LogP contribution in [-0.2, 0) is 6.61 Å². The topological polar surface area (TPSA) is 75.2 Å². The molecule has 0 aliphatic heterocycles. The fourth-order valence-electron chi connectivity index (χ4n) is 1.55. The van der Waals surface area contributed by atoms with Crippen LogP contribution in [0.2, 0.25) is 0 Å². The molecular formula is C12H11BrN2O3. The molecule has 0 radical (unpaired) electrons. The first kappa shape index (κ1) is 12.6. The number of aromatic amines is 1. The Bertz CT molecular complexity index is 563. The Hall–Kier alpha value is -1.82. The lowest BCUT2D eigenvalue weighted by atomic mass is 10.2. The molecule has 1 aromatic carbocycles. The lowest BCUT2D eigenvalue weighted by molar-refractivity contribution is 0.0693. The number of H-pyrrole nitrogens is 1. The maximum atomic E-state index is 11.0. The van der Waals surface area contributed by atoms with Gasteiger partial charge in [-0.25, -0.2) is 4.79 Å². The first-order chi connectivity index (χ1) is 8.58. The summed E-state index contributed by atoms with van der Waals surface area (Å²) in [6.45, 7) is 1.78. The summed E-state index contributed by atoms with van der Waals surface area (Å²) in [5.41, 5.74) is 1.09. The second-order valence-electron chi connectivity index (χ2n) is 3.72. The predicted octanol–water partition coefficient (Wildman–Crippen LogP) is 2.76. The number of halogens is 1. The van der Waals surface area contributed by atoms with Crippen molar-refractivity contribution in [2.75, 3.05) is 0 Å². The highest BCUT2D eigenvalue weighted by atomic mass is 79.9. The molecule has 1 heterocycles. The van der Waals surface area contributed by atoms with Crippen LogP contribution in [-0.4, -0.2) is 21.3 Å². The average Bonchev–Trinajstić information content (AvgIpc) is 2.70. The maximum Gasteiger partial charge on any atom is 0.339 e. The van der Waals surface area contributed by atoms with E-state index in [1.807, 2.05) is 12.1 Å². The molecule has 94 valence electrons. The average molecular weight is 311 g/mol. The van der Waals surface area contributed by atoms with Crippen molar-refractivity contribution in [1.82, 2.24) is 10.2 Å². The van der Waals surface area contributed by atoms with Gasteiger partial charge < -0.3 is 9.84 Å². The molecule has 18 heavy (non-hydrogen) atoms. The highest BCUT2D eigenvalue weighted by Gasteiger charge is 2.17. The molecule has 0 saturated heterocycles. The molecule has 0 amide bonds. The second-order valence-corrected chi connectivity index (χ2v) is 4.63. The van der Waals surface area contributed by atoms with Crippen molar-refractivity contribution in [3.63, 3.8) is 0 Å². The van der Waals surface area contributed by atoms with E-state index < -0.39 is 5.97 Å². The number of carbonyl (C=O) groups is 1. The van der Waals surface area contributed by atoms with Gasteiger partial charge in [-0.2, -0.15) is 5.10 Å². The number of ether oxygens (including phenoxy) is 1. The van der Waals surface area contributed by atoms with Gasteiger partial charge in [-0.05, 0) is 31.2 Å². The van der Waals surface area contributed by atoms with E-state index in [-0.39, 0.29) is 12.2 Å². The number of aromatic nitrogens is 2. The van der Waals surface area contributed by atoms with Gasteiger partial charge in [0, 0.05) is 10.2 Å². The minimum atomic E-state index is -1.00. The molecule has 2 N–H and O–H groups in total. The minimum Gasteiger partial charge on any atom is -0.487 e. The molecule has 2 aromatic rings. The van der Waals surface area contributed by atoms with Crippen LogP contribution in [0, 0.1) is 6.92 Å². The molecule has 0 spiro atoms. The summed E-state index contributed by atoms with van der Waals surface area (Å²) in [6.07, 6.45) is 0. The maximum absolute atomic E-state index is 11.0. The van der Waals surface area contributed by atoms with Crippen molar-refractivity contribution in [2.24, 2.45) is 0 Å². The highest BCUT2D eigenvalue weighted by molar-refractivity contribution is 9.10. The SMILES string of the molecule is Cc1[nH]nc(COc2ccc(Br)cc2)c1C(=O)O. The first-order valence-corrected chi connectivity index (χ1v) is 6.02. The fourth-order valence-corrected chi connectivity index (χ4v) is 1.81. The standard InChI is InChI=1S/C12H11BrN2O3/c1-7-11(12(16)17)10(15-14-7)6-18-9-4-2-8(13)3-5-9/h2-5H,6H2,1H3,(H,14,15)(H,16,17). The fraction of sp³-hybridized carbons (Fsp3) is 0.167. The third kappa shape index (κ3) is 2.70. The van der Waals surface area contributed by atoms with Gasteiger partial charge in [0.2, 0.25) is 0 Å². The van der Waals surface area contributed by atoms with Crippen LogP contribution >= 0.6 is 15.9 Å². The minimum absolute atomic E-state index is 0.119. The van der Waals surface area contributed by atoms with Gasteiger partial charge in [-0.1, -0.05) is 15.9 Å². The zero-order valence-electron chi connectivity index (χ0n) is 9.61. The Morgan fingerprint density at radius 2 is 2.11 bits per heavy atom.